The van der Waals surface area contributed by atoms with E-state index in [1.807, 2.05) is 0 Å². The van der Waals surface area contributed by atoms with E-state index in [0.29, 0.717) is 0 Å². The fraction of sp³-hybridized carbons (Fsp3) is 0.778. The first kappa shape index (κ1) is 15.7. The summed E-state index contributed by atoms with van der Waals surface area (Å²) in [6.45, 7) is 1.42. The smallest absolute Gasteiger partial charge is 0.467 e. The van der Waals surface area contributed by atoms with E-state index in [9.17, 15) is 22.8 Å². The third-order valence-electron chi connectivity index (χ3n) is 1.92. The largest absolute Gasteiger partial charge is 0.471 e. The van der Waals surface area contributed by atoms with Gasteiger partial charge in [-0.25, -0.2) is 4.79 Å². The van der Waals surface area contributed by atoms with Gasteiger partial charge in [-0.3, -0.25) is 4.79 Å². The minimum absolute atomic E-state index is 0.0674. The van der Waals surface area contributed by atoms with Crippen LogP contribution in [0.3, 0.4) is 0 Å². The second-order valence-corrected chi connectivity index (χ2v) is 3.47. The highest BCUT2D eigenvalue weighted by Gasteiger charge is 2.40. The van der Waals surface area contributed by atoms with Gasteiger partial charge in [0.25, 0.3) is 0 Å². The molecule has 0 fully saturated rings. The van der Waals surface area contributed by atoms with E-state index in [0.717, 1.165) is 7.11 Å². The minimum Gasteiger partial charge on any atom is -0.467 e. The Morgan fingerprint density at radius 1 is 1.35 bits per heavy atom. The Labute approximate surface area is 95.9 Å². The van der Waals surface area contributed by atoms with Gasteiger partial charge in [0.2, 0.25) is 0 Å². The predicted molar refractivity (Wildman–Crippen MR) is 50.9 cm³/mol. The standard InChI is InChI=1S/C9H14F3NO4/c1-5(14)3-4-6(7(15)17-2)13-8(16)9(10,11)12/h5-6,14H,3-4H2,1-2H3,(H,13,16)/t5?,6-/m0/s1. The van der Waals surface area contributed by atoms with E-state index in [4.69, 9.17) is 5.11 Å². The van der Waals surface area contributed by atoms with E-state index in [1.54, 1.807) is 0 Å². The first-order valence-electron chi connectivity index (χ1n) is 4.82. The van der Waals surface area contributed by atoms with Crippen LogP contribution in [0.15, 0.2) is 0 Å². The van der Waals surface area contributed by atoms with E-state index < -0.39 is 30.2 Å². The van der Waals surface area contributed by atoms with Gasteiger partial charge in [0.1, 0.15) is 6.04 Å². The van der Waals surface area contributed by atoms with Crippen LogP contribution in [0.4, 0.5) is 13.2 Å². The highest BCUT2D eigenvalue weighted by Crippen LogP contribution is 2.15. The number of amides is 1. The average molecular weight is 257 g/mol. The molecule has 1 unspecified atom stereocenters. The number of rotatable bonds is 5. The SMILES string of the molecule is COC(=O)[C@H](CCC(C)O)NC(=O)C(F)(F)F. The maximum absolute atomic E-state index is 12.0. The van der Waals surface area contributed by atoms with Crippen molar-refractivity contribution in [2.24, 2.45) is 0 Å². The Bertz CT molecular complexity index is 278. The zero-order valence-electron chi connectivity index (χ0n) is 9.37. The van der Waals surface area contributed by atoms with Crippen LogP contribution < -0.4 is 5.32 Å². The predicted octanol–water partition coefficient (Wildman–Crippen LogP) is 0.367. The number of carbonyl (C=O) groups excluding carboxylic acids is 2. The summed E-state index contributed by atoms with van der Waals surface area (Å²) in [5.41, 5.74) is 0. The molecule has 0 saturated heterocycles. The lowest BCUT2D eigenvalue weighted by molar-refractivity contribution is -0.175. The van der Waals surface area contributed by atoms with Crippen molar-refractivity contribution in [1.29, 1.82) is 0 Å². The van der Waals surface area contributed by atoms with E-state index >= 15 is 0 Å². The van der Waals surface area contributed by atoms with Crippen molar-refractivity contribution in [3.8, 4) is 0 Å². The molecule has 0 rings (SSSR count). The fourth-order valence-corrected chi connectivity index (χ4v) is 1.04. The second-order valence-electron chi connectivity index (χ2n) is 3.47. The van der Waals surface area contributed by atoms with Crippen LogP contribution in [0.1, 0.15) is 19.8 Å². The van der Waals surface area contributed by atoms with Crippen molar-refractivity contribution in [3.05, 3.63) is 0 Å². The lowest BCUT2D eigenvalue weighted by atomic mass is 10.1. The first-order chi connectivity index (χ1) is 7.68. The van der Waals surface area contributed by atoms with Crippen molar-refractivity contribution < 1.29 is 32.6 Å². The molecule has 0 bridgehead atoms. The molecule has 0 saturated carbocycles. The first-order valence-corrected chi connectivity index (χ1v) is 4.82. The maximum atomic E-state index is 12.0. The normalized spacial score (nSPS) is 14.9. The summed E-state index contributed by atoms with van der Waals surface area (Å²) in [4.78, 5) is 21.7. The Morgan fingerprint density at radius 3 is 2.24 bits per heavy atom. The summed E-state index contributed by atoms with van der Waals surface area (Å²) in [7, 11) is 0.997. The quantitative estimate of drug-likeness (QED) is 0.698. The van der Waals surface area contributed by atoms with Gasteiger partial charge in [-0.1, -0.05) is 0 Å². The lowest BCUT2D eigenvalue weighted by Gasteiger charge is -2.17. The molecule has 0 aliphatic heterocycles. The number of nitrogens with one attached hydrogen (secondary N) is 1. The molecule has 0 aliphatic rings. The Kier molecular flexibility index (Phi) is 5.94. The molecule has 5 nitrogen and oxygen atoms in total. The number of halogens is 3. The van der Waals surface area contributed by atoms with Gasteiger partial charge >= 0.3 is 18.1 Å². The zero-order chi connectivity index (χ0) is 13.6. The van der Waals surface area contributed by atoms with Crippen LogP contribution in [-0.4, -0.2) is 42.4 Å². The molecular formula is C9H14F3NO4. The molecule has 8 heteroatoms. The number of esters is 1. The summed E-state index contributed by atoms with van der Waals surface area (Å²) in [5, 5.41) is 10.5. The summed E-state index contributed by atoms with van der Waals surface area (Å²) >= 11 is 0. The molecule has 0 aromatic carbocycles. The number of hydrogen-bond acceptors (Lipinski definition) is 4. The topological polar surface area (TPSA) is 75.6 Å². The molecule has 0 radical (unpaired) electrons. The molecule has 2 N–H and O–H groups in total. The zero-order valence-corrected chi connectivity index (χ0v) is 9.37. The summed E-state index contributed by atoms with van der Waals surface area (Å²) in [6, 6.07) is -1.41. The number of aliphatic hydroxyl groups is 1. The van der Waals surface area contributed by atoms with Crippen molar-refractivity contribution in [2.75, 3.05) is 7.11 Å². The molecule has 100 valence electrons. The maximum Gasteiger partial charge on any atom is 0.471 e. The Hall–Kier alpha value is -1.31. The van der Waals surface area contributed by atoms with E-state index in [2.05, 4.69) is 4.74 Å². The van der Waals surface area contributed by atoms with Crippen LogP contribution >= 0.6 is 0 Å². The highest BCUT2D eigenvalue weighted by atomic mass is 19.4. The highest BCUT2D eigenvalue weighted by molar-refractivity contribution is 5.87. The Balaban J connectivity index is 4.49. The van der Waals surface area contributed by atoms with Gasteiger partial charge in [0.15, 0.2) is 0 Å². The third kappa shape index (κ3) is 6.10. The van der Waals surface area contributed by atoms with Gasteiger partial charge in [0, 0.05) is 0 Å². The van der Waals surface area contributed by atoms with Gasteiger partial charge < -0.3 is 15.2 Å². The molecule has 2 atom stereocenters. The number of carbonyl (C=O) groups is 2. The van der Waals surface area contributed by atoms with Crippen LogP contribution in [0.5, 0.6) is 0 Å². The number of aliphatic hydroxyl groups excluding tert-OH is 1. The van der Waals surface area contributed by atoms with E-state index in [-0.39, 0.29) is 12.8 Å². The molecule has 1 amide bonds. The Morgan fingerprint density at radius 2 is 1.88 bits per heavy atom. The van der Waals surface area contributed by atoms with Crippen LogP contribution in [0.2, 0.25) is 0 Å². The summed E-state index contributed by atoms with van der Waals surface area (Å²) < 4.78 is 40.1. The molecule has 0 aromatic rings. The third-order valence-corrected chi connectivity index (χ3v) is 1.92. The van der Waals surface area contributed by atoms with Gasteiger partial charge in [-0.15, -0.1) is 0 Å². The molecule has 0 heterocycles. The van der Waals surface area contributed by atoms with Crippen LogP contribution in [0.25, 0.3) is 0 Å². The van der Waals surface area contributed by atoms with Gasteiger partial charge in [0.05, 0.1) is 13.2 Å². The van der Waals surface area contributed by atoms with Crippen LogP contribution in [0, 0.1) is 0 Å². The average Bonchev–Trinajstić information content (AvgIpc) is 2.20. The number of methoxy groups -OCH3 is 1. The van der Waals surface area contributed by atoms with E-state index in [1.165, 1.54) is 12.2 Å². The van der Waals surface area contributed by atoms with Gasteiger partial charge in [-0.2, -0.15) is 13.2 Å². The second kappa shape index (κ2) is 6.43. The van der Waals surface area contributed by atoms with Crippen molar-refractivity contribution >= 4 is 11.9 Å². The minimum atomic E-state index is -5.06. The fourth-order valence-electron chi connectivity index (χ4n) is 1.04. The summed E-state index contributed by atoms with van der Waals surface area (Å²) in [5.74, 6) is -3.19. The number of alkyl halides is 3. The van der Waals surface area contributed by atoms with Gasteiger partial charge in [-0.05, 0) is 19.8 Å². The monoisotopic (exact) mass is 257 g/mol. The van der Waals surface area contributed by atoms with Crippen molar-refractivity contribution in [2.45, 2.75) is 38.1 Å². The molecule has 0 aromatic heterocycles. The van der Waals surface area contributed by atoms with Crippen molar-refractivity contribution in [1.82, 2.24) is 5.32 Å². The van der Waals surface area contributed by atoms with Crippen LogP contribution in [-0.2, 0) is 14.3 Å². The molecule has 17 heavy (non-hydrogen) atoms. The number of ether oxygens (including phenoxy) is 1. The molecular weight excluding hydrogens is 243 g/mol. The number of hydrogen-bond donors (Lipinski definition) is 2. The molecule has 0 aliphatic carbocycles. The molecule has 0 spiro atoms. The summed E-state index contributed by atoms with van der Waals surface area (Å²) in [6.07, 6.45) is -5.91. The lowest BCUT2D eigenvalue weighted by Crippen LogP contribution is -2.47. The van der Waals surface area contributed by atoms with Crippen molar-refractivity contribution in [3.63, 3.8) is 0 Å².